The minimum atomic E-state index is -0.461. The molecule has 1 saturated heterocycles. The summed E-state index contributed by atoms with van der Waals surface area (Å²) >= 11 is 0. The van der Waals surface area contributed by atoms with Crippen molar-refractivity contribution in [1.82, 2.24) is 10.2 Å². The number of carbonyl (C=O) groups excluding carboxylic acids is 2. The molecule has 0 aromatic carbocycles. The highest BCUT2D eigenvalue weighted by Crippen LogP contribution is 2.21. The smallest absolute Gasteiger partial charge is 0.246 e. The topological polar surface area (TPSA) is 49.4 Å². The van der Waals surface area contributed by atoms with E-state index in [2.05, 4.69) is 11.2 Å². The van der Waals surface area contributed by atoms with Gasteiger partial charge in [0.15, 0.2) is 0 Å². The van der Waals surface area contributed by atoms with Crippen molar-refractivity contribution < 1.29 is 9.59 Å². The number of terminal acetylenes is 1. The molecule has 3 unspecified atom stereocenters. The van der Waals surface area contributed by atoms with Crippen LogP contribution >= 0.6 is 0 Å². The summed E-state index contributed by atoms with van der Waals surface area (Å²) in [5.41, 5.74) is 0. The van der Waals surface area contributed by atoms with Crippen molar-refractivity contribution in [3.05, 3.63) is 0 Å². The third kappa shape index (κ3) is 2.66. The predicted octanol–water partition coefficient (Wildman–Crippen LogP) is 1.16. The lowest BCUT2D eigenvalue weighted by molar-refractivity contribution is -0.152. The van der Waals surface area contributed by atoms with Gasteiger partial charge in [-0.2, -0.15) is 0 Å². The summed E-state index contributed by atoms with van der Waals surface area (Å²) in [5, 5.41) is 2.81. The van der Waals surface area contributed by atoms with Crippen LogP contribution in [0.25, 0.3) is 0 Å². The Kier molecular flexibility index (Phi) is 4.77. The lowest BCUT2D eigenvalue weighted by Crippen LogP contribution is -2.66. The van der Waals surface area contributed by atoms with E-state index in [1.807, 2.05) is 20.8 Å². The van der Waals surface area contributed by atoms with Gasteiger partial charge in [0.05, 0.1) is 6.04 Å². The van der Waals surface area contributed by atoms with E-state index in [0.29, 0.717) is 6.42 Å². The third-order valence-electron chi connectivity index (χ3n) is 3.30. The molecular weight excluding hydrogens is 228 g/mol. The molecule has 0 spiro atoms. The Bertz CT molecular complexity index is 370. The fraction of sp³-hybridized carbons (Fsp3) is 0.714. The maximum Gasteiger partial charge on any atom is 0.246 e. The minimum Gasteiger partial charge on any atom is -0.342 e. The number of nitrogens with one attached hydrogen (secondary N) is 1. The van der Waals surface area contributed by atoms with Crippen molar-refractivity contribution in [3.8, 4) is 12.3 Å². The molecule has 4 heteroatoms. The van der Waals surface area contributed by atoms with Crippen LogP contribution in [0.15, 0.2) is 0 Å². The summed E-state index contributed by atoms with van der Waals surface area (Å²) in [6.45, 7) is 7.62. The van der Waals surface area contributed by atoms with E-state index >= 15 is 0 Å². The van der Waals surface area contributed by atoms with Gasteiger partial charge >= 0.3 is 0 Å². The summed E-state index contributed by atoms with van der Waals surface area (Å²) in [5.74, 6) is 2.46. The fourth-order valence-electron chi connectivity index (χ4n) is 2.38. The largest absolute Gasteiger partial charge is 0.342 e. The maximum absolute atomic E-state index is 12.4. The summed E-state index contributed by atoms with van der Waals surface area (Å²) in [7, 11) is 0. The number of nitrogens with zero attached hydrogens (tertiary/aromatic N) is 1. The Balaban J connectivity index is 3.05. The SMILES string of the molecule is C#CC(C)N1C(=O)C(CCC)NC(=O)C1C(C)C. The van der Waals surface area contributed by atoms with Crippen LogP contribution in [-0.2, 0) is 9.59 Å². The van der Waals surface area contributed by atoms with Crippen molar-refractivity contribution >= 4 is 11.8 Å². The van der Waals surface area contributed by atoms with E-state index in [-0.39, 0.29) is 23.8 Å². The molecule has 3 atom stereocenters. The quantitative estimate of drug-likeness (QED) is 0.761. The average molecular weight is 250 g/mol. The fourth-order valence-corrected chi connectivity index (χ4v) is 2.38. The van der Waals surface area contributed by atoms with Crippen LogP contribution in [0.1, 0.15) is 40.5 Å². The first-order valence-electron chi connectivity index (χ1n) is 6.52. The van der Waals surface area contributed by atoms with Gasteiger partial charge in [0, 0.05) is 0 Å². The second kappa shape index (κ2) is 5.90. The van der Waals surface area contributed by atoms with Gasteiger partial charge in [-0.1, -0.05) is 33.1 Å². The van der Waals surface area contributed by atoms with Gasteiger partial charge in [0.25, 0.3) is 0 Å². The zero-order chi connectivity index (χ0) is 13.9. The number of carbonyl (C=O) groups is 2. The number of hydrogen-bond donors (Lipinski definition) is 1. The Hall–Kier alpha value is -1.50. The summed E-state index contributed by atoms with van der Waals surface area (Å²) in [6.07, 6.45) is 6.92. The van der Waals surface area contributed by atoms with Crippen LogP contribution in [-0.4, -0.2) is 34.8 Å². The molecule has 0 aromatic heterocycles. The molecule has 1 fully saturated rings. The molecule has 0 aliphatic carbocycles. The van der Waals surface area contributed by atoms with Crippen LogP contribution in [0.4, 0.5) is 0 Å². The van der Waals surface area contributed by atoms with Crippen molar-refractivity contribution in [2.24, 2.45) is 5.92 Å². The molecule has 0 saturated carbocycles. The third-order valence-corrected chi connectivity index (χ3v) is 3.30. The van der Waals surface area contributed by atoms with Crippen molar-refractivity contribution in [1.29, 1.82) is 0 Å². The number of hydrogen-bond acceptors (Lipinski definition) is 2. The molecule has 18 heavy (non-hydrogen) atoms. The van der Waals surface area contributed by atoms with Crippen LogP contribution in [0.3, 0.4) is 0 Å². The van der Waals surface area contributed by atoms with Crippen molar-refractivity contribution in [2.45, 2.75) is 58.7 Å². The van der Waals surface area contributed by atoms with Gasteiger partial charge < -0.3 is 10.2 Å². The average Bonchev–Trinajstić information content (AvgIpc) is 2.31. The van der Waals surface area contributed by atoms with Crippen LogP contribution in [0.5, 0.6) is 0 Å². The van der Waals surface area contributed by atoms with Crippen molar-refractivity contribution in [2.75, 3.05) is 0 Å². The molecule has 1 aliphatic heterocycles. The summed E-state index contributed by atoms with van der Waals surface area (Å²) in [6, 6.07) is -1.24. The molecule has 2 amide bonds. The zero-order valence-electron chi connectivity index (χ0n) is 11.6. The highest BCUT2D eigenvalue weighted by atomic mass is 16.2. The van der Waals surface area contributed by atoms with E-state index in [1.165, 1.54) is 0 Å². The highest BCUT2D eigenvalue weighted by Gasteiger charge is 2.43. The first-order valence-corrected chi connectivity index (χ1v) is 6.52. The van der Waals surface area contributed by atoms with Crippen molar-refractivity contribution in [3.63, 3.8) is 0 Å². The van der Waals surface area contributed by atoms with E-state index in [0.717, 1.165) is 6.42 Å². The lowest BCUT2D eigenvalue weighted by Gasteiger charge is -2.42. The Morgan fingerprint density at radius 1 is 1.39 bits per heavy atom. The van der Waals surface area contributed by atoms with Crippen LogP contribution in [0, 0.1) is 18.3 Å². The number of piperazine rings is 1. The Morgan fingerprint density at radius 2 is 2.00 bits per heavy atom. The first kappa shape index (κ1) is 14.6. The van der Waals surface area contributed by atoms with Crippen LogP contribution < -0.4 is 5.32 Å². The molecule has 0 aromatic rings. The second-order valence-corrected chi connectivity index (χ2v) is 5.13. The van der Waals surface area contributed by atoms with Gasteiger partial charge in [-0.15, -0.1) is 6.42 Å². The molecule has 100 valence electrons. The monoisotopic (exact) mass is 250 g/mol. The minimum absolute atomic E-state index is 0.0485. The molecule has 1 rings (SSSR count). The van der Waals surface area contributed by atoms with Gasteiger partial charge in [-0.05, 0) is 19.3 Å². The summed E-state index contributed by atoms with van der Waals surface area (Å²) < 4.78 is 0. The molecule has 4 nitrogen and oxygen atoms in total. The van der Waals surface area contributed by atoms with E-state index in [9.17, 15) is 9.59 Å². The zero-order valence-corrected chi connectivity index (χ0v) is 11.6. The van der Waals surface area contributed by atoms with Gasteiger partial charge in [0.1, 0.15) is 12.1 Å². The molecule has 1 N–H and O–H groups in total. The summed E-state index contributed by atoms with van der Waals surface area (Å²) in [4.78, 5) is 26.1. The normalized spacial score (nSPS) is 25.9. The molecule has 0 bridgehead atoms. The van der Waals surface area contributed by atoms with E-state index < -0.39 is 12.1 Å². The molecule has 0 radical (unpaired) electrons. The molecule has 1 heterocycles. The van der Waals surface area contributed by atoms with E-state index in [4.69, 9.17) is 6.42 Å². The Labute approximate surface area is 109 Å². The number of rotatable bonds is 4. The standard InChI is InChI=1S/C14H22N2O2/c1-6-8-11-14(18)16(10(5)7-2)12(9(3)4)13(17)15-11/h2,9-12H,6,8H2,1,3-5H3,(H,15,17). The second-order valence-electron chi connectivity index (χ2n) is 5.13. The van der Waals surface area contributed by atoms with Gasteiger partial charge in [-0.3, -0.25) is 9.59 Å². The van der Waals surface area contributed by atoms with Crippen LogP contribution in [0.2, 0.25) is 0 Å². The Morgan fingerprint density at radius 3 is 2.44 bits per heavy atom. The van der Waals surface area contributed by atoms with Gasteiger partial charge in [0.2, 0.25) is 11.8 Å². The molecule has 1 aliphatic rings. The molecular formula is C14H22N2O2. The predicted molar refractivity (Wildman–Crippen MR) is 70.6 cm³/mol. The maximum atomic E-state index is 12.4. The highest BCUT2D eigenvalue weighted by molar-refractivity contribution is 5.97. The first-order chi connectivity index (χ1) is 8.43. The van der Waals surface area contributed by atoms with E-state index in [1.54, 1.807) is 11.8 Å². The lowest BCUT2D eigenvalue weighted by atomic mass is 9.94. The van der Waals surface area contributed by atoms with Gasteiger partial charge in [-0.25, -0.2) is 0 Å². The number of amides is 2.